The molecule has 2 aromatic heterocycles. The van der Waals surface area contributed by atoms with Crippen LogP contribution in [0.5, 0.6) is 0 Å². The Balaban J connectivity index is 1.85. The van der Waals surface area contributed by atoms with Crippen LogP contribution in [-0.4, -0.2) is 52.4 Å². The second-order valence-electron chi connectivity index (χ2n) is 8.61. The quantitative estimate of drug-likeness (QED) is 0.559. The molecule has 0 radical (unpaired) electrons. The Morgan fingerprint density at radius 1 is 1.16 bits per heavy atom. The van der Waals surface area contributed by atoms with E-state index in [4.69, 9.17) is 0 Å². The minimum Gasteiger partial charge on any atom is -0.348 e. The summed E-state index contributed by atoms with van der Waals surface area (Å²) in [5, 5.41) is 8.12. The van der Waals surface area contributed by atoms with Crippen LogP contribution in [-0.2, 0) is 22.2 Å². The average molecular weight is 454 g/mol. The molecule has 8 nitrogen and oxygen atoms in total. The van der Waals surface area contributed by atoms with E-state index in [0.29, 0.717) is 5.82 Å². The number of rotatable bonds is 4. The maximum atomic E-state index is 13.8. The van der Waals surface area contributed by atoms with Gasteiger partial charge in [0.15, 0.2) is 17.0 Å². The Bertz CT molecular complexity index is 1250. The zero-order valence-corrected chi connectivity index (χ0v) is 18.0. The van der Waals surface area contributed by atoms with Crippen LogP contribution in [0, 0.1) is 0 Å². The van der Waals surface area contributed by atoms with Crippen LogP contribution >= 0.6 is 0 Å². The number of hydrogen-bond donors (Lipinski definition) is 0. The minimum absolute atomic E-state index is 0.110. The summed E-state index contributed by atoms with van der Waals surface area (Å²) in [5.41, 5.74) is 0.157. The molecule has 31 heavy (non-hydrogen) atoms. The topological polar surface area (TPSA) is 93.9 Å². The molecule has 1 aliphatic rings. The van der Waals surface area contributed by atoms with Gasteiger partial charge in [-0.2, -0.15) is 8.42 Å². The molecule has 0 unspecified atom stereocenters. The molecule has 3 heterocycles. The molecule has 0 spiro atoms. The highest BCUT2D eigenvalue weighted by molar-refractivity contribution is 7.86. The van der Waals surface area contributed by atoms with Crippen LogP contribution < -0.4 is 4.90 Å². The Hall–Kier alpha value is -2.76. The summed E-state index contributed by atoms with van der Waals surface area (Å²) in [7, 11) is -4.94. The largest absolute Gasteiger partial charge is 0.348 e. The highest BCUT2D eigenvalue weighted by Crippen LogP contribution is 2.34. The average Bonchev–Trinajstić information content (AvgIpc) is 3.23. The molecule has 1 saturated heterocycles. The van der Waals surface area contributed by atoms with E-state index >= 15 is 0 Å². The van der Waals surface area contributed by atoms with Gasteiger partial charge >= 0.3 is 10.2 Å². The second-order valence-corrected chi connectivity index (χ2v) is 9.93. The lowest BCUT2D eigenvalue weighted by molar-refractivity contribution is 0.0257. The van der Waals surface area contributed by atoms with Crippen molar-refractivity contribution in [2.24, 2.45) is 0 Å². The smallest absolute Gasteiger partial charge is 0.332 e. The number of hydrogen-bond acceptors (Lipinski definition) is 7. The summed E-state index contributed by atoms with van der Waals surface area (Å²) in [5.74, 6) is -2.17. The third-order valence-corrected chi connectivity index (χ3v) is 5.96. The lowest BCUT2D eigenvalue weighted by atomic mass is 9.96. The van der Waals surface area contributed by atoms with Gasteiger partial charge in [0.2, 0.25) is 0 Å². The first-order valence-electron chi connectivity index (χ1n) is 9.62. The number of benzene rings is 1. The van der Waals surface area contributed by atoms with Crippen molar-refractivity contribution in [2.75, 3.05) is 18.0 Å². The molecule has 0 saturated carbocycles. The van der Waals surface area contributed by atoms with Gasteiger partial charge in [-0.1, -0.05) is 44.2 Å². The molecular formula is C19H21F3N6O2S. The maximum Gasteiger partial charge on any atom is 0.332 e. The van der Waals surface area contributed by atoms with Gasteiger partial charge in [-0.25, -0.2) is 23.4 Å². The molecule has 0 aliphatic carbocycles. The first kappa shape index (κ1) is 21.5. The summed E-state index contributed by atoms with van der Waals surface area (Å²) in [6, 6.07) is 5.63. The molecule has 1 aliphatic heterocycles. The molecule has 1 fully saturated rings. The third-order valence-electron chi connectivity index (χ3n) is 5.04. The SMILES string of the molecule is CC(C)(C)c1nc(N2CCC(F)(F)C2)c2nnn(Cc3ccccc3S(=O)(=O)F)c2n1. The maximum absolute atomic E-state index is 13.8. The molecule has 0 bridgehead atoms. The number of alkyl halides is 2. The normalized spacial score (nSPS) is 16.9. The van der Waals surface area contributed by atoms with Crippen molar-refractivity contribution < 1.29 is 21.1 Å². The molecule has 0 atom stereocenters. The lowest BCUT2D eigenvalue weighted by Crippen LogP contribution is -2.27. The van der Waals surface area contributed by atoms with Crippen molar-refractivity contribution >= 4 is 27.2 Å². The molecule has 0 amide bonds. The Morgan fingerprint density at radius 2 is 1.87 bits per heavy atom. The molecule has 3 aromatic rings. The van der Waals surface area contributed by atoms with E-state index in [1.54, 1.807) is 6.07 Å². The van der Waals surface area contributed by atoms with E-state index in [2.05, 4.69) is 20.3 Å². The van der Waals surface area contributed by atoms with E-state index < -0.39 is 33.0 Å². The Morgan fingerprint density at radius 3 is 2.48 bits per heavy atom. The zero-order valence-electron chi connectivity index (χ0n) is 17.2. The molecule has 166 valence electrons. The van der Waals surface area contributed by atoms with Gasteiger partial charge in [0.1, 0.15) is 10.7 Å². The number of fused-ring (bicyclic) bond motifs is 1. The monoisotopic (exact) mass is 454 g/mol. The van der Waals surface area contributed by atoms with Crippen molar-refractivity contribution in [2.45, 2.75) is 50.0 Å². The predicted octanol–water partition coefficient (Wildman–Crippen LogP) is 3.07. The molecule has 4 rings (SSSR count). The molecule has 12 heteroatoms. The van der Waals surface area contributed by atoms with E-state index in [-0.39, 0.29) is 42.1 Å². The van der Waals surface area contributed by atoms with E-state index in [9.17, 15) is 21.1 Å². The fraction of sp³-hybridized carbons (Fsp3) is 0.474. The third kappa shape index (κ3) is 4.21. The second kappa shape index (κ2) is 7.14. The van der Waals surface area contributed by atoms with Gasteiger partial charge in [0.05, 0.1) is 13.1 Å². The van der Waals surface area contributed by atoms with E-state index in [1.165, 1.54) is 21.7 Å². The van der Waals surface area contributed by atoms with Crippen molar-refractivity contribution in [3.63, 3.8) is 0 Å². The highest BCUT2D eigenvalue weighted by atomic mass is 32.3. The number of aromatic nitrogens is 5. The van der Waals surface area contributed by atoms with Crippen molar-refractivity contribution in [3.8, 4) is 0 Å². The Kier molecular flexibility index (Phi) is 4.95. The summed E-state index contributed by atoms with van der Waals surface area (Å²) in [6.07, 6.45) is -0.292. The van der Waals surface area contributed by atoms with Crippen molar-refractivity contribution in [3.05, 3.63) is 35.7 Å². The van der Waals surface area contributed by atoms with Gasteiger partial charge in [0.25, 0.3) is 5.92 Å². The van der Waals surface area contributed by atoms with Crippen molar-refractivity contribution in [1.82, 2.24) is 25.0 Å². The fourth-order valence-corrected chi connectivity index (χ4v) is 4.14. The minimum atomic E-state index is -4.94. The fourth-order valence-electron chi connectivity index (χ4n) is 3.45. The first-order chi connectivity index (χ1) is 14.4. The Labute approximate surface area is 177 Å². The number of anilines is 1. The number of nitrogens with zero attached hydrogens (tertiary/aromatic N) is 6. The summed E-state index contributed by atoms with van der Waals surface area (Å²) >= 11 is 0. The number of halogens is 3. The van der Waals surface area contributed by atoms with Crippen molar-refractivity contribution in [1.29, 1.82) is 0 Å². The van der Waals surface area contributed by atoms with E-state index in [0.717, 1.165) is 6.07 Å². The van der Waals surface area contributed by atoms with Crippen LogP contribution in [0.15, 0.2) is 29.2 Å². The standard InChI is InChI=1S/C19H21F3N6O2S/c1-18(2,3)17-23-15(27-9-8-19(20,21)11-27)14-16(24-17)28(26-25-14)10-12-6-4-5-7-13(12)31(22,29)30/h4-7H,8-11H2,1-3H3. The van der Waals surface area contributed by atoms with Gasteiger partial charge in [-0.3, -0.25) is 0 Å². The summed E-state index contributed by atoms with van der Waals surface area (Å²) < 4.78 is 65.7. The van der Waals surface area contributed by atoms with Gasteiger partial charge in [-0.15, -0.1) is 8.98 Å². The van der Waals surface area contributed by atoms with E-state index in [1.807, 2.05) is 20.8 Å². The van der Waals surface area contributed by atoms with Crippen LogP contribution in [0.3, 0.4) is 0 Å². The van der Waals surface area contributed by atoms with Gasteiger partial charge in [0, 0.05) is 18.4 Å². The van der Waals surface area contributed by atoms with Crippen LogP contribution in [0.2, 0.25) is 0 Å². The van der Waals surface area contributed by atoms with Gasteiger partial charge in [-0.05, 0) is 11.6 Å². The first-order valence-corrected chi connectivity index (χ1v) is 11.0. The molecular weight excluding hydrogens is 433 g/mol. The molecule has 1 aromatic carbocycles. The predicted molar refractivity (Wildman–Crippen MR) is 107 cm³/mol. The van der Waals surface area contributed by atoms with Crippen LogP contribution in [0.4, 0.5) is 18.5 Å². The summed E-state index contributed by atoms with van der Waals surface area (Å²) in [4.78, 5) is 10.0. The molecule has 0 N–H and O–H groups in total. The zero-order chi connectivity index (χ0) is 22.6. The lowest BCUT2D eigenvalue weighted by Gasteiger charge is -2.22. The van der Waals surface area contributed by atoms with Crippen LogP contribution in [0.1, 0.15) is 38.6 Å². The van der Waals surface area contributed by atoms with Crippen LogP contribution in [0.25, 0.3) is 11.2 Å². The van der Waals surface area contributed by atoms with Gasteiger partial charge < -0.3 is 4.90 Å². The highest BCUT2D eigenvalue weighted by Gasteiger charge is 2.40. The summed E-state index contributed by atoms with van der Waals surface area (Å²) in [6.45, 7) is 5.16.